The van der Waals surface area contributed by atoms with Crippen molar-refractivity contribution in [1.29, 1.82) is 0 Å². The van der Waals surface area contributed by atoms with Gasteiger partial charge in [-0.1, -0.05) is 6.07 Å². The van der Waals surface area contributed by atoms with Crippen LogP contribution in [-0.4, -0.2) is 38.3 Å². The Balaban J connectivity index is 0.00000243. The van der Waals surface area contributed by atoms with Crippen LogP contribution in [0.5, 0.6) is 17.4 Å². The first kappa shape index (κ1) is 20.1. The summed E-state index contributed by atoms with van der Waals surface area (Å²) >= 11 is 0. The van der Waals surface area contributed by atoms with Crippen molar-refractivity contribution in [3.8, 4) is 17.4 Å². The molecular weight excluding hydrogens is 447 g/mol. The third kappa shape index (κ3) is 5.38. The van der Waals surface area contributed by atoms with E-state index >= 15 is 0 Å². The number of ether oxygens (including phenoxy) is 3. The molecule has 8 heteroatoms. The van der Waals surface area contributed by atoms with Gasteiger partial charge in [0, 0.05) is 31.3 Å². The summed E-state index contributed by atoms with van der Waals surface area (Å²) in [5.41, 5.74) is 1.73. The average Bonchev–Trinajstić information content (AvgIpc) is 2.90. The number of halogens is 1. The van der Waals surface area contributed by atoms with E-state index in [9.17, 15) is 0 Å². The van der Waals surface area contributed by atoms with Crippen molar-refractivity contribution >= 4 is 35.6 Å². The number of aliphatic imine (C=N–C) groups is 1. The molecule has 1 aliphatic heterocycles. The van der Waals surface area contributed by atoms with Crippen molar-refractivity contribution in [2.45, 2.75) is 13.0 Å². The quantitative estimate of drug-likeness (QED) is 0.407. The van der Waals surface area contributed by atoms with Crippen molar-refractivity contribution in [1.82, 2.24) is 10.3 Å². The van der Waals surface area contributed by atoms with Crippen LogP contribution in [0, 0.1) is 0 Å². The molecule has 2 N–H and O–H groups in total. The van der Waals surface area contributed by atoms with Crippen molar-refractivity contribution < 1.29 is 14.2 Å². The molecule has 0 unspecified atom stereocenters. The Kier molecular flexibility index (Phi) is 7.76. The van der Waals surface area contributed by atoms with Gasteiger partial charge in [0.05, 0.1) is 32.6 Å². The van der Waals surface area contributed by atoms with Gasteiger partial charge in [-0.25, -0.2) is 4.98 Å². The topological polar surface area (TPSA) is 77.0 Å². The standard InChI is InChI=1S/C18H22N4O3.HI/c1-19-18(20-12-14-5-3-6-17(21-14)23-2)22-13-7-8-15-16(11-13)25-10-4-9-24-15;/h3,5-8,11H,4,9-10,12H2,1-2H3,(H2,19,20,22);1H. The number of nitrogens with zero attached hydrogens (tertiary/aromatic N) is 2. The van der Waals surface area contributed by atoms with Gasteiger partial charge in [-0.05, 0) is 18.2 Å². The number of anilines is 1. The summed E-state index contributed by atoms with van der Waals surface area (Å²) in [6, 6.07) is 11.4. The number of hydrogen-bond acceptors (Lipinski definition) is 5. The lowest BCUT2D eigenvalue weighted by Crippen LogP contribution is -2.30. The van der Waals surface area contributed by atoms with E-state index in [4.69, 9.17) is 14.2 Å². The van der Waals surface area contributed by atoms with E-state index in [-0.39, 0.29) is 24.0 Å². The summed E-state index contributed by atoms with van der Waals surface area (Å²) in [4.78, 5) is 8.60. The lowest BCUT2D eigenvalue weighted by atomic mass is 10.2. The molecule has 1 aromatic carbocycles. The number of aromatic nitrogens is 1. The number of guanidine groups is 1. The van der Waals surface area contributed by atoms with Gasteiger partial charge in [0.25, 0.3) is 0 Å². The van der Waals surface area contributed by atoms with E-state index in [1.54, 1.807) is 14.2 Å². The predicted octanol–water partition coefficient (Wildman–Crippen LogP) is 3.06. The highest BCUT2D eigenvalue weighted by Crippen LogP contribution is 2.32. The van der Waals surface area contributed by atoms with Gasteiger partial charge in [-0.2, -0.15) is 0 Å². The normalized spacial score (nSPS) is 13.2. The van der Waals surface area contributed by atoms with Crippen molar-refractivity contribution in [3.05, 3.63) is 42.1 Å². The molecule has 2 heterocycles. The maximum Gasteiger partial charge on any atom is 0.213 e. The number of methoxy groups -OCH3 is 1. The van der Waals surface area contributed by atoms with Gasteiger partial charge in [-0.15, -0.1) is 24.0 Å². The minimum atomic E-state index is 0. The van der Waals surface area contributed by atoms with E-state index in [1.807, 2.05) is 36.4 Å². The Bertz CT molecular complexity index is 755. The van der Waals surface area contributed by atoms with Gasteiger partial charge >= 0.3 is 0 Å². The molecule has 2 aromatic rings. The van der Waals surface area contributed by atoms with Crippen LogP contribution in [0.15, 0.2) is 41.4 Å². The highest BCUT2D eigenvalue weighted by molar-refractivity contribution is 14.0. The zero-order chi connectivity index (χ0) is 17.5. The van der Waals surface area contributed by atoms with Crippen LogP contribution in [0.2, 0.25) is 0 Å². The van der Waals surface area contributed by atoms with E-state index in [0.717, 1.165) is 29.3 Å². The maximum atomic E-state index is 5.71. The monoisotopic (exact) mass is 470 g/mol. The molecule has 0 saturated carbocycles. The maximum absolute atomic E-state index is 5.71. The first-order chi connectivity index (χ1) is 12.3. The molecule has 0 radical (unpaired) electrons. The predicted molar refractivity (Wildman–Crippen MR) is 112 cm³/mol. The molecule has 3 rings (SSSR count). The molecule has 0 bridgehead atoms. The summed E-state index contributed by atoms with van der Waals surface area (Å²) in [5, 5.41) is 6.47. The molecule has 0 fully saturated rings. The first-order valence-corrected chi connectivity index (χ1v) is 8.16. The second-order valence-electron chi connectivity index (χ2n) is 5.43. The summed E-state index contributed by atoms with van der Waals surface area (Å²) < 4.78 is 16.5. The Morgan fingerprint density at radius 2 is 2.00 bits per heavy atom. The largest absolute Gasteiger partial charge is 0.490 e. The van der Waals surface area contributed by atoms with Gasteiger partial charge < -0.3 is 24.8 Å². The average molecular weight is 470 g/mol. The number of fused-ring (bicyclic) bond motifs is 1. The summed E-state index contributed by atoms with van der Waals surface area (Å²) in [6.45, 7) is 1.86. The molecule has 26 heavy (non-hydrogen) atoms. The number of pyridine rings is 1. The Morgan fingerprint density at radius 3 is 2.77 bits per heavy atom. The van der Waals surface area contributed by atoms with Crippen LogP contribution in [-0.2, 0) is 6.54 Å². The van der Waals surface area contributed by atoms with E-state index in [0.29, 0.717) is 31.6 Å². The molecule has 140 valence electrons. The van der Waals surface area contributed by atoms with Gasteiger partial charge in [0.2, 0.25) is 5.88 Å². The molecule has 0 amide bonds. The minimum absolute atomic E-state index is 0. The highest BCUT2D eigenvalue weighted by atomic mass is 127. The minimum Gasteiger partial charge on any atom is -0.490 e. The van der Waals surface area contributed by atoms with E-state index < -0.39 is 0 Å². The van der Waals surface area contributed by atoms with Gasteiger partial charge in [-0.3, -0.25) is 4.99 Å². The van der Waals surface area contributed by atoms with Crippen LogP contribution >= 0.6 is 24.0 Å². The molecule has 0 atom stereocenters. The molecule has 0 aliphatic carbocycles. The smallest absolute Gasteiger partial charge is 0.213 e. The summed E-state index contributed by atoms with van der Waals surface area (Å²) in [7, 11) is 3.32. The fourth-order valence-corrected chi connectivity index (χ4v) is 2.40. The lowest BCUT2D eigenvalue weighted by molar-refractivity contribution is 0.297. The fourth-order valence-electron chi connectivity index (χ4n) is 2.40. The van der Waals surface area contributed by atoms with Crippen LogP contribution in [0.3, 0.4) is 0 Å². The SMILES string of the molecule is CN=C(NCc1cccc(OC)n1)Nc1ccc2c(c1)OCCCO2.I. The van der Waals surface area contributed by atoms with Crippen molar-refractivity contribution in [2.75, 3.05) is 32.7 Å². The zero-order valence-corrected chi connectivity index (χ0v) is 17.2. The fraction of sp³-hybridized carbons (Fsp3) is 0.333. The summed E-state index contributed by atoms with van der Waals surface area (Å²) in [6.07, 6.45) is 0.883. The zero-order valence-electron chi connectivity index (χ0n) is 14.8. The van der Waals surface area contributed by atoms with Crippen molar-refractivity contribution in [2.24, 2.45) is 4.99 Å². The third-order valence-corrected chi connectivity index (χ3v) is 3.66. The van der Waals surface area contributed by atoms with Crippen LogP contribution in [0.25, 0.3) is 0 Å². The second kappa shape index (κ2) is 10.0. The Morgan fingerprint density at radius 1 is 1.19 bits per heavy atom. The number of hydrogen-bond donors (Lipinski definition) is 2. The van der Waals surface area contributed by atoms with Gasteiger partial charge in [0.1, 0.15) is 0 Å². The van der Waals surface area contributed by atoms with Crippen molar-refractivity contribution in [3.63, 3.8) is 0 Å². The molecular formula is C18H23IN4O3. The molecule has 1 aliphatic rings. The Hall–Kier alpha value is -2.23. The number of rotatable bonds is 4. The highest BCUT2D eigenvalue weighted by Gasteiger charge is 2.11. The van der Waals surface area contributed by atoms with Crippen LogP contribution < -0.4 is 24.8 Å². The summed E-state index contributed by atoms with van der Waals surface area (Å²) in [5.74, 6) is 2.74. The third-order valence-electron chi connectivity index (χ3n) is 3.66. The van der Waals surface area contributed by atoms with Gasteiger partial charge in [0.15, 0.2) is 17.5 Å². The molecule has 1 aromatic heterocycles. The number of nitrogens with one attached hydrogen (secondary N) is 2. The van der Waals surface area contributed by atoms with E-state index in [2.05, 4.69) is 20.6 Å². The first-order valence-electron chi connectivity index (χ1n) is 8.16. The second-order valence-corrected chi connectivity index (χ2v) is 5.43. The molecule has 7 nitrogen and oxygen atoms in total. The number of benzene rings is 1. The molecule has 0 spiro atoms. The van der Waals surface area contributed by atoms with E-state index in [1.165, 1.54) is 0 Å². The van der Waals surface area contributed by atoms with Crippen LogP contribution in [0.1, 0.15) is 12.1 Å². The molecule has 0 saturated heterocycles. The Labute approximate surface area is 170 Å². The lowest BCUT2D eigenvalue weighted by Gasteiger charge is -2.14. The van der Waals surface area contributed by atoms with Crippen LogP contribution in [0.4, 0.5) is 5.69 Å².